The van der Waals surface area contributed by atoms with Gasteiger partial charge in [-0.25, -0.2) is 4.98 Å². The molecule has 4 heterocycles. The molecular weight excluding hydrogens is 499 g/mol. The lowest BCUT2D eigenvalue weighted by Crippen LogP contribution is -2.48. The van der Waals surface area contributed by atoms with E-state index in [1.807, 2.05) is 55.3 Å². The molecule has 4 aromatic rings. The molecule has 1 N–H and O–H groups in total. The Kier molecular flexibility index (Phi) is 6.98. The van der Waals surface area contributed by atoms with E-state index in [4.69, 9.17) is 27.9 Å². The van der Waals surface area contributed by atoms with E-state index in [2.05, 4.69) is 25.1 Å². The number of fused-ring (bicyclic) bond motifs is 1. The van der Waals surface area contributed by atoms with Crippen molar-refractivity contribution in [3.63, 3.8) is 0 Å². The molecule has 8 nitrogen and oxygen atoms in total. The van der Waals surface area contributed by atoms with E-state index in [1.54, 1.807) is 12.4 Å². The van der Waals surface area contributed by atoms with Crippen LogP contribution in [0.15, 0.2) is 48.9 Å². The highest BCUT2D eigenvalue weighted by Gasteiger charge is 2.21. The summed E-state index contributed by atoms with van der Waals surface area (Å²) in [6, 6.07) is 9.79. The number of H-pyrrole nitrogens is 1. The fraction of sp³-hybridized carbons (Fsp3) is 0.308. The molecule has 1 fully saturated rings. The molecule has 5 rings (SSSR count). The molecule has 1 atom stereocenters. The lowest BCUT2D eigenvalue weighted by atomic mass is 10.1. The minimum atomic E-state index is -0.366. The number of aromatic amines is 1. The number of carbonyl (C=O) groups is 1. The topological polar surface area (TPSA) is 87.2 Å². The van der Waals surface area contributed by atoms with Gasteiger partial charge in [0.15, 0.2) is 0 Å². The van der Waals surface area contributed by atoms with Crippen molar-refractivity contribution in [2.45, 2.75) is 26.4 Å². The molecule has 1 saturated heterocycles. The molecular formula is C26H26Cl2N6O2. The first-order valence-electron chi connectivity index (χ1n) is 11.9. The number of amides is 1. The molecule has 0 saturated carbocycles. The van der Waals surface area contributed by atoms with Crippen LogP contribution in [-0.4, -0.2) is 57.2 Å². The van der Waals surface area contributed by atoms with Crippen LogP contribution in [0.4, 0.5) is 5.82 Å². The summed E-state index contributed by atoms with van der Waals surface area (Å²) in [6.07, 6.45) is 5.13. The maximum absolute atomic E-state index is 11.9. The van der Waals surface area contributed by atoms with Gasteiger partial charge in [-0.05, 0) is 37.3 Å². The maximum Gasteiger partial charge on any atom is 0.222 e. The van der Waals surface area contributed by atoms with E-state index < -0.39 is 0 Å². The quantitative estimate of drug-likeness (QED) is 0.357. The summed E-state index contributed by atoms with van der Waals surface area (Å²) < 4.78 is 6.17. The second-order valence-corrected chi connectivity index (χ2v) is 9.50. The Bertz CT molecular complexity index is 1360. The van der Waals surface area contributed by atoms with Gasteiger partial charge in [0, 0.05) is 67.7 Å². The number of ether oxygens (including phenoxy) is 1. The van der Waals surface area contributed by atoms with Crippen LogP contribution in [0, 0.1) is 0 Å². The van der Waals surface area contributed by atoms with Gasteiger partial charge in [0.25, 0.3) is 0 Å². The van der Waals surface area contributed by atoms with Crippen molar-refractivity contribution in [2.75, 3.05) is 31.1 Å². The van der Waals surface area contributed by atoms with E-state index >= 15 is 0 Å². The van der Waals surface area contributed by atoms with Crippen LogP contribution in [0.1, 0.15) is 31.9 Å². The highest BCUT2D eigenvalue weighted by atomic mass is 35.5. The lowest BCUT2D eigenvalue weighted by molar-refractivity contribution is -0.131. The van der Waals surface area contributed by atoms with Crippen LogP contribution in [-0.2, 0) is 4.79 Å². The Labute approximate surface area is 219 Å². The van der Waals surface area contributed by atoms with Crippen molar-refractivity contribution in [1.82, 2.24) is 25.1 Å². The van der Waals surface area contributed by atoms with Crippen molar-refractivity contribution < 1.29 is 9.53 Å². The number of aromatic nitrogens is 4. The first-order valence-corrected chi connectivity index (χ1v) is 12.6. The highest BCUT2D eigenvalue weighted by Crippen LogP contribution is 2.35. The third-order valence-corrected chi connectivity index (χ3v) is 7.03. The molecule has 0 bridgehead atoms. The highest BCUT2D eigenvalue weighted by molar-refractivity contribution is 6.35. The number of piperazine rings is 1. The predicted molar refractivity (Wildman–Crippen MR) is 142 cm³/mol. The molecule has 186 valence electrons. The number of anilines is 1. The molecule has 36 heavy (non-hydrogen) atoms. The largest absolute Gasteiger partial charge is 0.486 e. The molecule has 1 unspecified atom stereocenters. The molecule has 0 aliphatic carbocycles. The number of hydrogen-bond acceptors (Lipinski definition) is 6. The van der Waals surface area contributed by atoms with E-state index in [9.17, 15) is 4.79 Å². The second kappa shape index (κ2) is 10.3. The summed E-state index contributed by atoms with van der Waals surface area (Å²) in [7, 11) is 0. The number of nitrogens with one attached hydrogen (secondary N) is 1. The van der Waals surface area contributed by atoms with Crippen LogP contribution in [0.2, 0.25) is 10.0 Å². The van der Waals surface area contributed by atoms with Crippen molar-refractivity contribution in [3.8, 4) is 17.0 Å². The Morgan fingerprint density at radius 2 is 1.83 bits per heavy atom. The second-order valence-electron chi connectivity index (χ2n) is 8.68. The van der Waals surface area contributed by atoms with Gasteiger partial charge in [-0.1, -0.05) is 30.1 Å². The van der Waals surface area contributed by atoms with Crippen LogP contribution < -0.4 is 9.64 Å². The third kappa shape index (κ3) is 4.83. The number of pyridine rings is 2. The molecule has 0 radical (unpaired) electrons. The SMILES string of the molecule is CCC(=O)N1CCN(c2ccc(-c3n[nH]c4ccc(OC(C)c5c(Cl)cncc5Cl)cc34)cn2)CC1. The smallest absolute Gasteiger partial charge is 0.222 e. The minimum absolute atomic E-state index is 0.202. The van der Waals surface area contributed by atoms with Gasteiger partial charge in [0.2, 0.25) is 5.91 Å². The van der Waals surface area contributed by atoms with Crippen molar-refractivity contribution in [1.29, 1.82) is 0 Å². The lowest BCUT2D eigenvalue weighted by Gasteiger charge is -2.35. The average Bonchev–Trinajstić information content (AvgIpc) is 3.31. The summed E-state index contributed by atoms with van der Waals surface area (Å²) in [6.45, 7) is 6.78. The van der Waals surface area contributed by atoms with Gasteiger partial charge in [-0.15, -0.1) is 0 Å². The first kappa shape index (κ1) is 24.3. The zero-order chi connectivity index (χ0) is 25.2. The van der Waals surface area contributed by atoms with E-state index in [0.717, 1.165) is 54.2 Å². The number of carbonyl (C=O) groups excluding carboxylic acids is 1. The monoisotopic (exact) mass is 524 g/mol. The molecule has 10 heteroatoms. The van der Waals surface area contributed by atoms with E-state index in [0.29, 0.717) is 27.8 Å². The fourth-order valence-electron chi connectivity index (χ4n) is 4.48. The Morgan fingerprint density at radius 3 is 2.50 bits per heavy atom. The maximum atomic E-state index is 11.9. The number of nitrogens with zero attached hydrogens (tertiary/aromatic N) is 5. The summed E-state index contributed by atoms with van der Waals surface area (Å²) in [4.78, 5) is 24.7. The molecule has 3 aromatic heterocycles. The number of halogens is 2. The standard InChI is InChI=1S/C26H26Cl2N6O2/c1-3-24(35)34-10-8-33(9-11-34)23-7-4-17(13-30-23)26-19-12-18(5-6-22(19)31-32-26)36-16(2)25-20(27)14-29-15-21(25)28/h4-7,12-16H,3,8-11H2,1-2H3,(H,31,32). The molecule has 1 aliphatic heterocycles. The van der Waals surface area contributed by atoms with Crippen LogP contribution in [0.3, 0.4) is 0 Å². The minimum Gasteiger partial charge on any atom is -0.486 e. The predicted octanol–water partition coefficient (Wildman–Crippen LogP) is 5.53. The normalized spacial score (nSPS) is 14.8. The van der Waals surface area contributed by atoms with Crippen LogP contribution in [0.25, 0.3) is 22.2 Å². The average molecular weight is 525 g/mol. The Balaban J connectivity index is 1.34. The van der Waals surface area contributed by atoms with Crippen LogP contribution >= 0.6 is 23.2 Å². The summed E-state index contributed by atoms with van der Waals surface area (Å²) in [5, 5.41) is 9.46. The molecule has 1 aliphatic rings. The number of benzene rings is 1. The van der Waals surface area contributed by atoms with Gasteiger partial charge >= 0.3 is 0 Å². The van der Waals surface area contributed by atoms with Crippen molar-refractivity contribution in [2.24, 2.45) is 0 Å². The number of rotatable bonds is 6. The van der Waals surface area contributed by atoms with Gasteiger partial charge in [-0.2, -0.15) is 5.10 Å². The van der Waals surface area contributed by atoms with Crippen molar-refractivity contribution >= 4 is 45.8 Å². The molecule has 0 spiro atoms. The van der Waals surface area contributed by atoms with Gasteiger partial charge in [0.1, 0.15) is 23.4 Å². The van der Waals surface area contributed by atoms with Gasteiger partial charge in [0.05, 0.1) is 15.6 Å². The third-order valence-electron chi connectivity index (χ3n) is 6.42. The van der Waals surface area contributed by atoms with Gasteiger partial charge < -0.3 is 14.5 Å². The zero-order valence-electron chi connectivity index (χ0n) is 20.0. The molecule has 1 amide bonds. The summed E-state index contributed by atoms with van der Waals surface area (Å²) in [5.41, 5.74) is 3.28. The van der Waals surface area contributed by atoms with Crippen molar-refractivity contribution in [3.05, 3.63) is 64.5 Å². The van der Waals surface area contributed by atoms with E-state index in [1.165, 1.54) is 0 Å². The zero-order valence-corrected chi connectivity index (χ0v) is 21.6. The molecule has 1 aromatic carbocycles. The summed E-state index contributed by atoms with van der Waals surface area (Å²) in [5.74, 6) is 1.77. The van der Waals surface area contributed by atoms with E-state index in [-0.39, 0.29) is 12.0 Å². The summed E-state index contributed by atoms with van der Waals surface area (Å²) >= 11 is 12.6. The Morgan fingerprint density at radius 1 is 1.08 bits per heavy atom. The van der Waals surface area contributed by atoms with Gasteiger partial charge in [-0.3, -0.25) is 14.9 Å². The van der Waals surface area contributed by atoms with Crippen LogP contribution in [0.5, 0.6) is 5.75 Å². The number of hydrogen-bond donors (Lipinski definition) is 1. The Hall–Kier alpha value is -3.36. The fourth-order valence-corrected chi connectivity index (χ4v) is 5.15. The first-order chi connectivity index (χ1) is 17.4.